The standard InChI is InChI=1S/C40H61N5O9S/c1-8-31(26(2)3)40(7,36(48)43-55(52,53)29-20-21-29)42-34(46)32-19-12-13-22-45(32)35(47)33(39(4,5)6)41-37(49)54-23-14-10-9-11-16-27-17-15-18-28-24-44(38(50)51)25-30(27)28/h8,15,17-18,26,29,31-33H,1,9-14,16,19-25H2,2-7H3,(H,41,49)(H,42,46)(H,43,48)(H,50,51). The van der Waals surface area contributed by atoms with Gasteiger partial charge >= 0.3 is 12.2 Å². The van der Waals surface area contributed by atoms with E-state index in [1.165, 1.54) is 28.4 Å². The normalized spacial score (nSPS) is 19.4. The first kappa shape index (κ1) is 43.6. The lowest BCUT2D eigenvalue weighted by Gasteiger charge is -2.43. The molecule has 5 amide bonds. The first-order valence-electron chi connectivity index (χ1n) is 19.6. The summed E-state index contributed by atoms with van der Waals surface area (Å²) in [6, 6.07) is 4.02. The topological polar surface area (TPSA) is 192 Å². The summed E-state index contributed by atoms with van der Waals surface area (Å²) in [6.45, 7) is 15.8. The van der Waals surface area contributed by atoms with E-state index < -0.39 is 74.1 Å². The number of likely N-dealkylation sites (tertiary alicyclic amines) is 1. The van der Waals surface area contributed by atoms with Crippen molar-refractivity contribution >= 4 is 39.9 Å². The Morgan fingerprint density at radius 3 is 2.31 bits per heavy atom. The number of fused-ring (bicyclic) bond motifs is 1. The van der Waals surface area contributed by atoms with Crippen LogP contribution in [0.3, 0.4) is 0 Å². The summed E-state index contributed by atoms with van der Waals surface area (Å²) in [4.78, 5) is 69.3. The van der Waals surface area contributed by atoms with Gasteiger partial charge in [-0.3, -0.25) is 24.0 Å². The van der Waals surface area contributed by atoms with Crippen molar-refractivity contribution < 1.29 is 42.2 Å². The molecular formula is C40H61N5O9S. The summed E-state index contributed by atoms with van der Waals surface area (Å²) in [7, 11) is -3.91. The number of piperidine rings is 1. The molecule has 1 saturated heterocycles. The molecule has 1 aromatic carbocycles. The molecule has 3 aliphatic rings. The zero-order valence-electron chi connectivity index (χ0n) is 33.3. The zero-order valence-corrected chi connectivity index (χ0v) is 34.1. The van der Waals surface area contributed by atoms with Gasteiger partial charge in [0.2, 0.25) is 21.8 Å². The molecule has 0 bridgehead atoms. The number of benzene rings is 1. The maximum atomic E-state index is 14.2. The van der Waals surface area contributed by atoms with Gasteiger partial charge in [-0.2, -0.15) is 0 Å². The summed E-state index contributed by atoms with van der Waals surface area (Å²) in [6.07, 6.45) is 6.54. The number of unbranched alkanes of at least 4 members (excludes halogenated alkanes) is 3. The molecule has 2 fully saturated rings. The fourth-order valence-electron chi connectivity index (χ4n) is 7.74. The molecule has 55 heavy (non-hydrogen) atoms. The van der Waals surface area contributed by atoms with Crippen molar-refractivity contribution in [2.24, 2.45) is 17.3 Å². The predicted molar refractivity (Wildman–Crippen MR) is 208 cm³/mol. The molecule has 4 atom stereocenters. The number of sulfonamides is 1. The molecule has 1 aliphatic carbocycles. The van der Waals surface area contributed by atoms with Crippen LogP contribution in [0.5, 0.6) is 0 Å². The van der Waals surface area contributed by atoms with E-state index in [1.54, 1.807) is 0 Å². The Morgan fingerprint density at radius 2 is 1.69 bits per heavy atom. The first-order valence-corrected chi connectivity index (χ1v) is 21.2. The summed E-state index contributed by atoms with van der Waals surface area (Å²) < 4.78 is 33.2. The van der Waals surface area contributed by atoms with Crippen molar-refractivity contribution in [2.45, 2.75) is 142 Å². The van der Waals surface area contributed by atoms with Crippen LogP contribution in [-0.2, 0) is 48.7 Å². The molecule has 306 valence electrons. The van der Waals surface area contributed by atoms with Crippen molar-refractivity contribution in [2.75, 3.05) is 13.2 Å². The van der Waals surface area contributed by atoms with E-state index in [0.717, 1.165) is 36.8 Å². The monoisotopic (exact) mass is 787 g/mol. The van der Waals surface area contributed by atoms with E-state index in [0.29, 0.717) is 51.6 Å². The third-order valence-electron chi connectivity index (χ3n) is 11.1. The van der Waals surface area contributed by atoms with Gasteiger partial charge in [0.05, 0.1) is 11.9 Å². The number of carbonyl (C=O) groups excluding carboxylic acids is 4. The molecule has 2 aliphatic heterocycles. The lowest BCUT2D eigenvalue weighted by molar-refractivity contribution is -0.147. The largest absolute Gasteiger partial charge is 0.465 e. The number of hydrogen-bond acceptors (Lipinski definition) is 8. The third-order valence-corrected chi connectivity index (χ3v) is 12.9. The number of carboxylic acid groups (broad SMARTS) is 1. The molecular weight excluding hydrogens is 727 g/mol. The zero-order chi connectivity index (χ0) is 40.7. The summed E-state index contributed by atoms with van der Waals surface area (Å²) in [5.41, 5.74) is 0.890. The second-order valence-corrected chi connectivity index (χ2v) is 18.8. The molecule has 0 spiro atoms. The second kappa shape index (κ2) is 18.2. The van der Waals surface area contributed by atoms with Gasteiger partial charge in [-0.15, -0.1) is 6.58 Å². The highest BCUT2D eigenvalue weighted by molar-refractivity contribution is 7.91. The number of carbonyl (C=O) groups is 5. The number of rotatable bonds is 17. The minimum Gasteiger partial charge on any atom is -0.465 e. The minimum absolute atomic E-state index is 0.164. The Bertz CT molecular complexity index is 1700. The fraction of sp³-hybridized carbons (Fsp3) is 0.675. The molecule has 4 rings (SSSR count). The van der Waals surface area contributed by atoms with E-state index in [-0.39, 0.29) is 19.1 Å². The molecule has 4 unspecified atom stereocenters. The fourth-order valence-corrected chi connectivity index (χ4v) is 9.13. The molecule has 2 heterocycles. The van der Waals surface area contributed by atoms with E-state index >= 15 is 0 Å². The lowest BCUT2D eigenvalue weighted by atomic mass is 9.77. The van der Waals surface area contributed by atoms with Crippen molar-refractivity contribution in [3.8, 4) is 0 Å². The van der Waals surface area contributed by atoms with Gasteiger partial charge in [0.25, 0.3) is 5.91 Å². The van der Waals surface area contributed by atoms with Crippen LogP contribution in [0.1, 0.15) is 116 Å². The highest BCUT2D eigenvalue weighted by Crippen LogP contribution is 2.32. The number of nitrogens with one attached hydrogen (secondary N) is 3. The number of ether oxygens (including phenoxy) is 1. The van der Waals surface area contributed by atoms with Gasteiger partial charge < -0.3 is 25.4 Å². The Balaban J connectivity index is 1.33. The van der Waals surface area contributed by atoms with Crippen molar-refractivity contribution in [1.29, 1.82) is 0 Å². The van der Waals surface area contributed by atoms with Crippen LogP contribution in [0.2, 0.25) is 0 Å². The molecule has 4 N–H and O–H groups in total. The molecule has 1 aromatic rings. The average Bonchev–Trinajstić information content (AvgIpc) is 3.88. The highest BCUT2D eigenvalue weighted by Gasteiger charge is 2.49. The molecule has 15 heteroatoms. The number of aryl methyl sites for hydroxylation is 1. The molecule has 14 nitrogen and oxygen atoms in total. The van der Waals surface area contributed by atoms with Crippen LogP contribution < -0.4 is 15.4 Å². The predicted octanol–water partition coefficient (Wildman–Crippen LogP) is 5.25. The Labute approximate surface area is 326 Å². The SMILES string of the molecule is C=CC(C(C)C)C(C)(NC(=O)C1CCCCN1C(=O)C(NC(=O)OCCCCCCc1cccc2c1CN(C(=O)O)C2)C(C)(C)C)C(=O)NS(=O)(=O)C1CC1. The van der Waals surface area contributed by atoms with Crippen LogP contribution in [0.4, 0.5) is 9.59 Å². The second-order valence-electron chi connectivity index (χ2n) is 16.9. The van der Waals surface area contributed by atoms with Gasteiger partial charge in [-0.05, 0) is 86.3 Å². The Hall–Kier alpha value is -4.14. The van der Waals surface area contributed by atoms with Crippen molar-refractivity contribution in [3.63, 3.8) is 0 Å². The van der Waals surface area contributed by atoms with Crippen LogP contribution in [0.25, 0.3) is 0 Å². The van der Waals surface area contributed by atoms with Gasteiger partial charge in [-0.1, -0.05) is 71.7 Å². The third kappa shape index (κ3) is 11.0. The van der Waals surface area contributed by atoms with Crippen molar-refractivity contribution in [1.82, 2.24) is 25.2 Å². The highest BCUT2D eigenvalue weighted by atomic mass is 32.2. The number of alkyl carbamates (subject to hydrolysis) is 1. The smallest absolute Gasteiger partial charge is 0.407 e. The van der Waals surface area contributed by atoms with Gasteiger partial charge in [0.1, 0.15) is 17.6 Å². The maximum absolute atomic E-state index is 14.2. The Morgan fingerprint density at radius 1 is 1.00 bits per heavy atom. The van der Waals surface area contributed by atoms with Gasteiger partial charge in [0.15, 0.2) is 0 Å². The molecule has 0 aromatic heterocycles. The van der Waals surface area contributed by atoms with E-state index in [2.05, 4.69) is 28.0 Å². The van der Waals surface area contributed by atoms with Crippen LogP contribution in [0.15, 0.2) is 30.9 Å². The van der Waals surface area contributed by atoms with E-state index in [9.17, 15) is 37.5 Å². The maximum Gasteiger partial charge on any atom is 0.407 e. The van der Waals surface area contributed by atoms with Gasteiger partial charge in [-0.25, -0.2) is 18.0 Å². The molecule has 1 saturated carbocycles. The lowest BCUT2D eigenvalue weighted by Crippen LogP contribution is -2.67. The summed E-state index contributed by atoms with van der Waals surface area (Å²) in [5, 5.41) is 14.3. The Kier molecular flexibility index (Phi) is 14.4. The number of hydrogen-bond donors (Lipinski definition) is 4. The van der Waals surface area contributed by atoms with Crippen LogP contribution in [0, 0.1) is 17.3 Å². The number of nitrogens with zero attached hydrogens (tertiary/aromatic N) is 2. The van der Waals surface area contributed by atoms with Gasteiger partial charge in [0, 0.05) is 25.6 Å². The van der Waals surface area contributed by atoms with Crippen LogP contribution >= 0.6 is 0 Å². The quantitative estimate of drug-likeness (QED) is 0.121. The number of amides is 5. The molecule has 0 radical (unpaired) electrons. The van der Waals surface area contributed by atoms with Crippen LogP contribution in [-0.4, -0.2) is 89.3 Å². The first-order chi connectivity index (χ1) is 25.8. The summed E-state index contributed by atoms with van der Waals surface area (Å²) >= 11 is 0. The minimum atomic E-state index is -3.91. The van der Waals surface area contributed by atoms with E-state index in [4.69, 9.17) is 4.74 Å². The van der Waals surface area contributed by atoms with E-state index in [1.807, 2.05) is 46.8 Å². The van der Waals surface area contributed by atoms with Crippen molar-refractivity contribution in [3.05, 3.63) is 47.5 Å². The average molecular weight is 788 g/mol. The summed E-state index contributed by atoms with van der Waals surface area (Å²) in [5.74, 6) is -2.71.